The molecule has 0 amide bonds. The summed E-state index contributed by atoms with van der Waals surface area (Å²) in [6.07, 6.45) is 2.28. The van der Waals surface area contributed by atoms with E-state index < -0.39 is 0 Å². The quantitative estimate of drug-likeness (QED) is 0.918. The number of phenolic OH excluding ortho intramolecular Hbond substituents is 1. The Morgan fingerprint density at radius 3 is 2.60 bits per heavy atom. The van der Waals surface area contributed by atoms with Gasteiger partial charge < -0.3 is 10.0 Å². The number of phenols is 1. The molecule has 0 heterocycles. The van der Waals surface area contributed by atoms with Crippen molar-refractivity contribution >= 4 is 6.08 Å². The predicted molar refractivity (Wildman–Crippen MR) is 82.9 cm³/mol. The summed E-state index contributed by atoms with van der Waals surface area (Å²) in [4.78, 5) is 2.19. The van der Waals surface area contributed by atoms with Gasteiger partial charge in [-0.1, -0.05) is 42.5 Å². The van der Waals surface area contributed by atoms with Crippen molar-refractivity contribution in [2.75, 3.05) is 20.6 Å². The molecule has 102 valence electrons. The molecule has 0 saturated carbocycles. The molecule has 0 fully saturated rings. The zero-order valence-electron chi connectivity index (χ0n) is 11.9. The SMILES string of the molecule is CN(C)CC1=Cc2ccccc2C1c1cccc(O)c1. The van der Waals surface area contributed by atoms with Gasteiger partial charge in [0.1, 0.15) is 5.75 Å². The Balaban J connectivity index is 2.08. The van der Waals surface area contributed by atoms with Gasteiger partial charge in [0, 0.05) is 12.5 Å². The summed E-state index contributed by atoms with van der Waals surface area (Å²) < 4.78 is 0. The van der Waals surface area contributed by atoms with Crippen molar-refractivity contribution < 1.29 is 5.11 Å². The van der Waals surface area contributed by atoms with Crippen LogP contribution in [0.5, 0.6) is 5.75 Å². The highest BCUT2D eigenvalue weighted by Crippen LogP contribution is 2.41. The van der Waals surface area contributed by atoms with Crippen molar-refractivity contribution in [1.29, 1.82) is 0 Å². The van der Waals surface area contributed by atoms with Crippen molar-refractivity contribution in [2.24, 2.45) is 0 Å². The number of nitrogens with zero attached hydrogens (tertiary/aromatic N) is 1. The standard InChI is InChI=1S/C18H19NO/c1-19(2)12-15-10-13-6-3-4-9-17(13)18(15)14-7-5-8-16(20)11-14/h3-11,18,20H,12H2,1-2H3. The predicted octanol–water partition coefficient (Wildman–Crippen LogP) is 3.48. The third-order valence-corrected chi connectivity index (χ3v) is 3.72. The molecule has 2 aromatic rings. The maximum Gasteiger partial charge on any atom is 0.115 e. The fourth-order valence-corrected chi connectivity index (χ4v) is 2.99. The van der Waals surface area contributed by atoms with Gasteiger partial charge in [0.25, 0.3) is 0 Å². The molecule has 2 nitrogen and oxygen atoms in total. The Morgan fingerprint density at radius 2 is 1.85 bits per heavy atom. The van der Waals surface area contributed by atoms with Gasteiger partial charge in [-0.15, -0.1) is 0 Å². The van der Waals surface area contributed by atoms with Crippen molar-refractivity contribution in [1.82, 2.24) is 4.90 Å². The Kier molecular flexibility index (Phi) is 3.33. The van der Waals surface area contributed by atoms with Crippen LogP contribution in [0.15, 0.2) is 54.1 Å². The fraction of sp³-hybridized carbons (Fsp3) is 0.222. The van der Waals surface area contributed by atoms with E-state index in [-0.39, 0.29) is 5.92 Å². The van der Waals surface area contributed by atoms with Gasteiger partial charge in [-0.2, -0.15) is 0 Å². The van der Waals surface area contributed by atoms with Gasteiger partial charge >= 0.3 is 0 Å². The monoisotopic (exact) mass is 265 g/mol. The molecule has 0 bridgehead atoms. The van der Waals surface area contributed by atoms with Crippen LogP contribution in [0.25, 0.3) is 6.08 Å². The molecule has 3 rings (SSSR count). The first-order valence-corrected chi connectivity index (χ1v) is 6.88. The number of likely N-dealkylation sites (N-methyl/N-ethyl adjacent to an activating group) is 1. The van der Waals surface area contributed by atoms with E-state index >= 15 is 0 Å². The lowest BCUT2D eigenvalue weighted by molar-refractivity contribution is 0.439. The lowest BCUT2D eigenvalue weighted by Gasteiger charge is -2.20. The third kappa shape index (κ3) is 2.35. The highest BCUT2D eigenvalue weighted by atomic mass is 16.3. The maximum atomic E-state index is 9.76. The van der Waals surface area contributed by atoms with E-state index in [0.29, 0.717) is 5.75 Å². The van der Waals surface area contributed by atoms with Gasteiger partial charge in [-0.25, -0.2) is 0 Å². The Bertz CT molecular complexity index is 658. The smallest absolute Gasteiger partial charge is 0.115 e. The summed E-state index contributed by atoms with van der Waals surface area (Å²) in [5.74, 6) is 0.580. The Hall–Kier alpha value is -2.06. The minimum atomic E-state index is 0.251. The Labute approximate surface area is 120 Å². The largest absolute Gasteiger partial charge is 0.508 e. The summed E-state index contributed by atoms with van der Waals surface area (Å²) in [6, 6.07) is 16.1. The molecule has 0 radical (unpaired) electrons. The minimum Gasteiger partial charge on any atom is -0.508 e. The summed E-state index contributed by atoms with van der Waals surface area (Å²) in [5, 5.41) is 9.76. The zero-order valence-corrected chi connectivity index (χ0v) is 11.9. The summed E-state index contributed by atoms with van der Waals surface area (Å²) in [5.41, 5.74) is 5.15. The van der Waals surface area contributed by atoms with Crippen LogP contribution in [0.3, 0.4) is 0 Å². The highest BCUT2D eigenvalue weighted by molar-refractivity contribution is 5.69. The van der Waals surface area contributed by atoms with Gasteiger partial charge in [0.15, 0.2) is 0 Å². The topological polar surface area (TPSA) is 23.5 Å². The second kappa shape index (κ2) is 5.14. The van der Waals surface area contributed by atoms with Crippen LogP contribution < -0.4 is 0 Å². The third-order valence-electron chi connectivity index (χ3n) is 3.72. The number of fused-ring (bicyclic) bond motifs is 1. The molecule has 0 saturated heterocycles. The zero-order chi connectivity index (χ0) is 14.1. The average Bonchev–Trinajstić information content (AvgIpc) is 2.75. The van der Waals surface area contributed by atoms with Crippen LogP contribution in [0.4, 0.5) is 0 Å². The first-order chi connectivity index (χ1) is 9.65. The molecule has 1 aliphatic carbocycles. The normalized spacial score (nSPS) is 17.1. The molecule has 1 N–H and O–H groups in total. The second-order valence-electron chi connectivity index (χ2n) is 5.61. The molecule has 20 heavy (non-hydrogen) atoms. The van der Waals surface area contributed by atoms with Crippen molar-refractivity contribution in [3.8, 4) is 5.75 Å². The maximum absolute atomic E-state index is 9.76. The summed E-state index contributed by atoms with van der Waals surface area (Å²) in [6.45, 7) is 0.926. The number of rotatable bonds is 3. The number of hydrogen-bond donors (Lipinski definition) is 1. The lowest BCUT2D eigenvalue weighted by atomic mass is 9.88. The van der Waals surface area contributed by atoms with E-state index in [1.807, 2.05) is 12.1 Å². The van der Waals surface area contributed by atoms with Crippen LogP contribution in [0, 0.1) is 0 Å². The van der Waals surface area contributed by atoms with Crippen LogP contribution in [0.2, 0.25) is 0 Å². The minimum absolute atomic E-state index is 0.251. The molecule has 0 aliphatic heterocycles. The van der Waals surface area contributed by atoms with Gasteiger partial charge in [0.05, 0.1) is 0 Å². The molecule has 1 unspecified atom stereocenters. The molecule has 1 atom stereocenters. The highest BCUT2D eigenvalue weighted by Gasteiger charge is 2.26. The second-order valence-corrected chi connectivity index (χ2v) is 5.61. The van der Waals surface area contributed by atoms with Crippen molar-refractivity contribution in [3.05, 3.63) is 70.8 Å². The number of hydrogen-bond acceptors (Lipinski definition) is 2. The average molecular weight is 265 g/mol. The molecule has 2 heteroatoms. The Morgan fingerprint density at radius 1 is 1.05 bits per heavy atom. The molecule has 1 aliphatic rings. The van der Waals surface area contributed by atoms with Crippen LogP contribution in [0.1, 0.15) is 22.6 Å². The molecule has 0 spiro atoms. The first-order valence-electron chi connectivity index (χ1n) is 6.88. The van der Waals surface area contributed by atoms with E-state index in [1.165, 1.54) is 16.7 Å². The fourth-order valence-electron chi connectivity index (χ4n) is 2.99. The lowest BCUT2D eigenvalue weighted by Crippen LogP contribution is -2.17. The van der Waals surface area contributed by atoms with Crippen LogP contribution in [-0.4, -0.2) is 30.6 Å². The number of benzene rings is 2. The van der Waals surface area contributed by atoms with E-state index in [2.05, 4.69) is 55.4 Å². The summed E-state index contributed by atoms with van der Waals surface area (Å²) >= 11 is 0. The van der Waals surface area contributed by atoms with E-state index in [9.17, 15) is 5.11 Å². The van der Waals surface area contributed by atoms with Gasteiger partial charge in [-0.3, -0.25) is 0 Å². The molecule has 2 aromatic carbocycles. The van der Waals surface area contributed by atoms with E-state index in [4.69, 9.17) is 0 Å². The molecule has 0 aromatic heterocycles. The van der Waals surface area contributed by atoms with E-state index in [0.717, 1.165) is 12.1 Å². The van der Waals surface area contributed by atoms with Gasteiger partial charge in [-0.05, 0) is 48.5 Å². The van der Waals surface area contributed by atoms with Crippen molar-refractivity contribution in [2.45, 2.75) is 5.92 Å². The van der Waals surface area contributed by atoms with Crippen LogP contribution >= 0.6 is 0 Å². The van der Waals surface area contributed by atoms with Gasteiger partial charge in [0.2, 0.25) is 0 Å². The first kappa shape index (κ1) is 12.9. The number of aromatic hydroxyl groups is 1. The molecular formula is C18H19NO. The van der Waals surface area contributed by atoms with Crippen LogP contribution in [-0.2, 0) is 0 Å². The summed E-state index contributed by atoms with van der Waals surface area (Å²) in [7, 11) is 4.17. The van der Waals surface area contributed by atoms with E-state index in [1.54, 1.807) is 6.07 Å². The van der Waals surface area contributed by atoms with Crippen molar-refractivity contribution in [3.63, 3.8) is 0 Å². The molecular weight excluding hydrogens is 246 g/mol.